The van der Waals surface area contributed by atoms with E-state index >= 15 is 0 Å². The van der Waals surface area contributed by atoms with Crippen molar-refractivity contribution in [2.45, 2.75) is 0 Å². The van der Waals surface area contributed by atoms with Gasteiger partial charge in [-0.15, -0.1) is 0 Å². The van der Waals surface area contributed by atoms with Crippen molar-refractivity contribution in [3.8, 4) is 0 Å². The number of carbonyl (C=O) groups is 4. The van der Waals surface area contributed by atoms with Crippen molar-refractivity contribution in [1.82, 2.24) is 0 Å². The van der Waals surface area contributed by atoms with Gasteiger partial charge >= 0.3 is 0 Å². The topological polar surface area (TPSA) is 253 Å². The minimum atomic E-state index is -2.33. The van der Waals surface area contributed by atoms with Gasteiger partial charge in [-0.1, -0.05) is 0 Å². The number of hydrogen-bond donors (Lipinski definition) is 0. The van der Waals surface area contributed by atoms with Crippen molar-refractivity contribution < 1.29 is 60.0 Å². The van der Waals surface area contributed by atoms with Crippen LogP contribution in [0, 0.1) is 0 Å². The lowest BCUT2D eigenvalue weighted by atomic mass is 11.5. The highest BCUT2D eigenvalue weighted by atomic mass is 16.6. The van der Waals surface area contributed by atoms with Crippen LogP contribution < -0.4 is 40.9 Å². The summed E-state index contributed by atoms with van der Waals surface area (Å²) in [5.74, 6) is 0. The van der Waals surface area contributed by atoms with E-state index in [1.54, 1.807) is 0 Å². The van der Waals surface area contributed by atoms with Crippen LogP contribution in [-0.2, 0) is 0 Å². The van der Waals surface area contributed by atoms with Crippen LogP contribution in [0.25, 0.3) is 0 Å². The summed E-state index contributed by atoms with van der Waals surface area (Å²) >= 11 is 0. The molecule has 0 aliphatic heterocycles. The van der Waals surface area contributed by atoms with Gasteiger partial charge < -0.3 is 60.0 Å². The van der Waals surface area contributed by atoms with Gasteiger partial charge in [-0.3, -0.25) is 0 Å². The van der Waals surface area contributed by atoms with Crippen molar-refractivity contribution in [3.05, 3.63) is 0 Å². The molecule has 0 aromatic rings. The first kappa shape index (κ1) is 23.2. The number of carboxylic acid groups (broad SMARTS) is 8. The minimum absolute atomic E-state index is 2.33. The first-order valence-electron chi connectivity index (χ1n) is 2.45. The molecule has 12 heteroatoms. The number of hydrogen-bond acceptors (Lipinski definition) is 12. The molecule has 96 valence electrons. The highest BCUT2D eigenvalue weighted by molar-refractivity contribution is 5.48. The fourth-order valence-corrected chi connectivity index (χ4v) is 0. The monoisotopic (exact) mass is 240 g/mol. The maximum Gasteiger partial charge on any atom is -0.0431 e. The quantitative estimate of drug-likeness (QED) is 0.382. The standard InChI is InChI=1S/4CH2O3/c4*2-1(3)4/h4*(H2,2,3,4)/p-8. The third-order valence-electron chi connectivity index (χ3n) is 0. The van der Waals surface area contributed by atoms with Crippen LogP contribution in [0.15, 0.2) is 0 Å². The minimum Gasteiger partial charge on any atom is -0.652 e. The Hall–Kier alpha value is -2.92. The lowest BCUT2D eigenvalue weighted by Gasteiger charge is -1.96. The molecule has 0 saturated carbocycles. The van der Waals surface area contributed by atoms with E-state index in [0.717, 1.165) is 0 Å². The third-order valence-corrected chi connectivity index (χ3v) is 0. The predicted octanol–water partition coefficient (Wildman–Crippen LogP) is -9.79. The van der Waals surface area contributed by atoms with Crippen molar-refractivity contribution in [3.63, 3.8) is 0 Å². The zero-order valence-corrected chi connectivity index (χ0v) is 6.90. The average Bonchev–Trinajstić information content (AvgIpc) is 1.76. The van der Waals surface area contributed by atoms with Crippen molar-refractivity contribution >= 4 is 24.6 Å². The fourth-order valence-electron chi connectivity index (χ4n) is 0. The molecule has 0 aliphatic rings. The molecule has 0 N–H and O–H groups in total. The Kier molecular flexibility index (Phi) is 26.0. The smallest absolute Gasteiger partial charge is 0.0431 e. The molecule has 0 rings (SSSR count). The van der Waals surface area contributed by atoms with E-state index in [9.17, 15) is 0 Å². The molecule has 0 unspecified atom stereocenters. The first-order chi connectivity index (χ1) is 6.93. The van der Waals surface area contributed by atoms with Gasteiger partial charge in [0.05, 0.1) is 0 Å². The highest BCUT2D eigenvalue weighted by Gasteiger charge is 1.27. The van der Waals surface area contributed by atoms with Crippen LogP contribution in [0.1, 0.15) is 0 Å². The van der Waals surface area contributed by atoms with Crippen molar-refractivity contribution in [2.24, 2.45) is 0 Å². The molecule has 0 fully saturated rings. The SMILES string of the molecule is O=C([O-])[O-].O=C([O-])[O-].O=C([O-])[O-].O=C([O-])[O-]. The Bertz CT molecular complexity index is 153. The van der Waals surface area contributed by atoms with Crippen LogP contribution in [0.2, 0.25) is 0 Å². The summed E-state index contributed by atoms with van der Waals surface area (Å²) in [6.45, 7) is 0. The number of carbonyl (C=O) groups excluding carboxylic acids is 4. The second-order valence-corrected chi connectivity index (χ2v) is 1.00. The normalized spacial score (nSPS) is 6.00. The van der Waals surface area contributed by atoms with Gasteiger partial charge in [0.1, 0.15) is 0 Å². The largest absolute Gasteiger partial charge is 0.652 e. The average molecular weight is 240 g/mol. The van der Waals surface area contributed by atoms with E-state index in [4.69, 9.17) is 60.0 Å². The Labute approximate surface area is 85.9 Å². The molecule has 0 radical (unpaired) electrons. The zero-order chi connectivity index (χ0) is 14.3. The molecule has 0 bridgehead atoms. The van der Waals surface area contributed by atoms with E-state index in [1.807, 2.05) is 0 Å². The fraction of sp³-hybridized carbons (Fsp3) is 0. The van der Waals surface area contributed by atoms with Crippen molar-refractivity contribution in [2.75, 3.05) is 0 Å². The molecule has 16 heavy (non-hydrogen) atoms. The van der Waals surface area contributed by atoms with Gasteiger partial charge in [0.25, 0.3) is 0 Å². The summed E-state index contributed by atoms with van der Waals surface area (Å²) in [5, 5.41) is 66.7. The predicted molar refractivity (Wildman–Crippen MR) is 21.6 cm³/mol. The van der Waals surface area contributed by atoms with Crippen LogP contribution in [0.3, 0.4) is 0 Å². The molecular weight excluding hydrogens is 240 g/mol. The summed E-state index contributed by atoms with van der Waals surface area (Å²) in [6.07, 6.45) is -9.33. The third kappa shape index (κ3) is 132. The Balaban J connectivity index is -0.0000000600. The second kappa shape index (κ2) is 18.0. The molecule has 0 amide bonds. The lowest BCUT2D eigenvalue weighted by molar-refractivity contribution is -0.417. The summed E-state index contributed by atoms with van der Waals surface area (Å²) in [5.41, 5.74) is 0. The second-order valence-electron chi connectivity index (χ2n) is 1.00. The lowest BCUT2D eigenvalue weighted by Crippen LogP contribution is -2.37. The van der Waals surface area contributed by atoms with Gasteiger partial charge in [0.2, 0.25) is 0 Å². The van der Waals surface area contributed by atoms with Gasteiger partial charge in [-0.25, -0.2) is 0 Å². The van der Waals surface area contributed by atoms with Crippen LogP contribution in [0.4, 0.5) is 19.2 Å². The summed E-state index contributed by atoms with van der Waals surface area (Å²) in [4.78, 5) is 33.3. The van der Waals surface area contributed by atoms with Gasteiger partial charge in [-0.05, 0) is 24.6 Å². The van der Waals surface area contributed by atoms with Gasteiger partial charge in [0.15, 0.2) is 0 Å². The molecular formula is C4O12-8. The maximum atomic E-state index is 8.33. The molecule has 0 heterocycles. The van der Waals surface area contributed by atoms with Gasteiger partial charge in [0, 0.05) is 0 Å². The Morgan fingerprint density at radius 3 is 0.375 bits per heavy atom. The summed E-state index contributed by atoms with van der Waals surface area (Å²) in [6, 6.07) is 0. The molecule has 0 atom stereocenters. The van der Waals surface area contributed by atoms with E-state index < -0.39 is 24.6 Å². The number of rotatable bonds is 0. The molecule has 0 aliphatic carbocycles. The van der Waals surface area contributed by atoms with E-state index in [0.29, 0.717) is 0 Å². The van der Waals surface area contributed by atoms with Crippen LogP contribution in [0.5, 0.6) is 0 Å². The van der Waals surface area contributed by atoms with E-state index in [2.05, 4.69) is 0 Å². The van der Waals surface area contributed by atoms with Gasteiger partial charge in [-0.2, -0.15) is 0 Å². The summed E-state index contributed by atoms with van der Waals surface area (Å²) in [7, 11) is 0. The zero-order valence-electron chi connectivity index (χ0n) is 6.90. The first-order valence-corrected chi connectivity index (χ1v) is 2.45. The summed E-state index contributed by atoms with van der Waals surface area (Å²) < 4.78 is 0. The molecule has 0 aromatic carbocycles. The molecule has 0 aromatic heterocycles. The molecule has 0 spiro atoms. The Morgan fingerprint density at radius 2 is 0.375 bits per heavy atom. The Morgan fingerprint density at radius 1 is 0.375 bits per heavy atom. The van der Waals surface area contributed by atoms with Crippen molar-refractivity contribution in [1.29, 1.82) is 0 Å². The maximum absolute atomic E-state index is 8.33. The highest BCUT2D eigenvalue weighted by Crippen LogP contribution is 1.22. The van der Waals surface area contributed by atoms with E-state index in [1.165, 1.54) is 0 Å². The van der Waals surface area contributed by atoms with Crippen LogP contribution >= 0.6 is 0 Å². The molecule has 0 saturated heterocycles. The van der Waals surface area contributed by atoms with Crippen LogP contribution in [-0.4, -0.2) is 24.6 Å². The molecule has 12 nitrogen and oxygen atoms in total. The van der Waals surface area contributed by atoms with E-state index in [-0.39, 0.29) is 0 Å².